The molecule has 2 nitrogen and oxygen atoms in total. The lowest BCUT2D eigenvalue weighted by atomic mass is 10.5. The van der Waals surface area contributed by atoms with Gasteiger partial charge in [-0.15, -0.1) is 0 Å². The molecule has 0 radical (unpaired) electrons. The molecule has 116 valence electrons. The molecule has 4 heteroatoms. The number of oxime groups is 1. The fourth-order valence-electron chi connectivity index (χ4n) is 0.557. The van der Waals surface area contributed by atoms with Crippen LogP contribution in [0.5, 0.6) is 0 Å². The second-order valence-electron chi connectivity index (χ2n) is 1.71. The monoisotopic (exact) mass is 299 g/mol. The molecule has 0 aliphatic carbocycles. The molecule has 0 aliphatic rings. The Morgan fingerprint density at radius 2 is 1.06 bits per heavy atom. The third-order valence-electron chi connectivity index (χ3n) is 0.842. The third-order valence-corrected chi connectivity index (χ3v) is 2.09. The summed E-state index contributed by atoms with van der Waals surface area (Å²) >= 11 is 3.53. The van der Waals surface area contributed by atoms with Crippen molar-refractivity contribution < 1.29 is 4.84 Å². The SMILES string of the molecule is CC.CC.CC.CC.CON=C(CSC)CSC. The van der Waals surface area contributed by atoms with Crippen molar-refractivity contribution in [3.05, 3.63) is 0 Å². The molecule has 0 saturated carbocycles. The topological polar surface area (TPSA) is 21.6 Å². The van der Waals surface area contributed by atoms with Crippen LogP contribution in [-0.2, 0) is 4.84 Å². The summed E-state index contributed by atoms with van der Waals surface area (Å²) in [6, 6.07) is 0. The van der Waals surface area contributed by atoms with Gasteiger partial charge in [0.1, 0.15) is 7.11 Å². The molecule has 0 saturated heterocycles. The number of hydrogen-bond acceptors (Lipinski definition) is 4. The summed E-state index contributed by atoms with van der Waals surface area (Å²) in [6.07, 6.45) is 4.12. The van der Waals surface area contributed by atoms with Crippen molar-refractivity contribution in [2.24, 2.45) is 5.16 Å². The van der Waals surface area contributed by atoms with E-state index in [0.717, 1.165) is 17.2 Å². The van der Waals surface area contributed by atoms with E-state index in [1.165, 1.54) is 0 Å². The molecule has 0 rings (SSSR count). The maximum atomic E-state index is 4.67. The van der Waals surface area contributed by atoms with Gasteiger partial charge >= 0.3 is 0 Å². The van der Waals surface area contributed by atoms with Crippen LogP contribution in [0.2, 0.25) is 0 Å². The van der Waals surface area contributed by atoms with Crippen molar-refractivity contribution >= 4 is 29.2 Å². The van der Waals surface area contributed by atoms with E-state index in [2.05, 4.69) is 22.5 Å². The predicted octanol–water partition coefficient (Wildman–Crippen LogP) is 5.82. The molecule has 0 spiro atoms. The Morgan fingerprint density at radius 1 is 0.778 bits per heavy atom. The van der Waals surface area contributed by atoms with E-state index in [9.17, 15) is 0 Å². The minimum Gasteiger partial charge on any atom is -0.399 e. The van der Waals surface area contributed by atoms with Gasteiger partial charge in [-0.25, -0.2) is 0 Å². The van der Waals surface area contributed by atoms with Crippen LogP contribution in [0.4, 0.5) is 0 Å². The highest BCUT2D eigenvalue weighted by molar-refractivity contribution is 8.00. The van der Waals surface area contributed by atoms with Crippen LogP contribution in [0.15, 0.2) is 5.16 Å². The molecule has 0 N–H and O–H groups in total. The van der Waals surface area contributed by atoms with Gasteiger partial charge in [0.2, 0.25) is 0 Å². The van der Waals surface area contributed by atoms with E-state index in [1.54, 1.807) is 30.6 Å². The summed E-state index contributed by atoms with van der Waals surface area (Å²) in [4.78, 5) is 4.67. The van der Waals surface area contributed by atoms with Crippen LogP contribution >= 0.6 is 23.5 Å². The van der Waals surface area contributed by atoms with Gasteiger partial charge in [-0.3, -0.25) is 0 Å². The van der Waals surface area contributed by atoms with Crippen molar-refractivity contribution in [1.82, 2.24) is 0 Å². The van der Waals surface area contributed by atoms with Crippen LogP contribution in [0.1, 0.15) is 55.4 Å². The van der Waals surface area contributed by atoms with E-state index in [4.69, 9.17) is 0 Å². The molecular weight excluding hydrogens is 262 g/mol. The first-order valence-corrected chi connectivity index (χ1v) is 9.70. The van der Waals surface area contributed by atoms with Crippen molar-refractivity contribution in [1.29, 1.82) is 0 Å². The highest BCUT2D eigenvalue weighted by Crippen LogP contribution is 2.00. The Balaban J connectivity index is -0.0000000596. The minimum absolute atomic E-state index is 0.967. The maximum absolute atomic E-state index is 4.67. The third kappa shape index (κ3) is 44.3. The second kappa shape index (κ2) is 53.4. The lowest BCUT2D eigenvalue weighted by Crippen LogP contribution is -2.05. The van der Waals surface area contributed by atoms with E-state index >= 15 is 0 Å². The van der Waals surface area contributed by atoms with Gasteiger partial charge in [0.15, 0.2) is 0 Å². The van der Waals surface area contributed by atoms with E-state index in [-0.39, 0.29) is 0 Å². The Hall–Kier alpha value is 0.170. The van der Waals surface area contributed by atoms with Crippen molar-refractivity contribution in [2.75, 3.05) is 31.1 Å². The highest BCUT2D eigenvalue weighted by atomic mass is 32.2. The van der Waals surface area contributed by atoms with Gasteiger partial charge in [0.25, 0.3) is 0 Å². The van der Waals surface area contributed by atoms with Gasteiger partial charge in [0, 0.05) is 11.5 Å². The number of rotatable bonds is 5. The average Bonchev–Trinajstić information content (AvgIpc) is 2.48. The zero-order valence-electron chi connectivity index (χ0n) is 14.6. The zero-order valence-corrected chi connectivity index (χ0v) is 16.2. The van der Waals surface area contributed by atoms with Crippen molar-refractivity contribution in [3.8, 4) is 0 Å². The van der Waals surface area contributed by atoms with E-state index < -0.39 is 0 Å². The first-order chi connectivity index (χ1) is 8.85. The number of nitrogens with zero attached hydrogens (tertiary/aromatic N) is 1. The molecule has 18 heavy (non-hydrogen) atoms. The summed E-state index contributed by atoms with van der Waals surface area (Å²) in [7, 11) is 1.58. The fourth-order valence-corrected chi connectivity index (χ4v) is 1.66. The van der Waals surface area contributed by atoms with Crippen LogP contribution in [-0.4, -0.2) is 36.8 Å². The molecule has 0 bridgehead atoms. The standard InChI is InChI=1S/C6H13NOS2.4C2H6/c1-8-7-6(4-9-2)5-10-3;4*1-2/h4-5H2,1-3H3;4*1-2H3. The van der Waals surface area contributed by atoms with E-state index in [0.29, 0.717) is 0 Å². The first kappa shape index (κ1) is 30.9. The van der Waals surface area contributed by atoms with E-state index in [1.807, 2.05) is 55.4 Å². The van der Waals surface area contributed by atoms with Gasteiger partial charge in [-0.2, -0.15) is 23.5 Å². The fraction of sp³-hybridized carbons (Fsp3) is 0.929. The van der Waals surface area contributed by atoms with Crippen molar-refractivity contribution in [2.45, 2.75) is 55.4 Å². The molecule has 0 aromatic heterocycles. The Labute approximate surface area is 126 Å². The second-order valence-corrected chi connectivity index (χ2v) is 3.44. The Kier molecular flexibility index (Phi) is 91.6. The number of thioether (sulfide) groups is 2. The zero-order chi connectivity index (χ0) is 15.8. The Bertz CT molecular complexity index is 102. The molecule has 0 fully saturated rings. The average molecular weight is 300 g/mol. The quantitative estimate of drug-likeness (QED) is 0.471. The van der Waals surface area contributed by atoms with Gasteiger partial charge < -0.3 is 4.84 Å². The summed E-state index contributed by atoms with van der Waals surface area (Å²) in [5, 5.41) is 3.88. The summed E-state index contributed by atoms with van der Waals surface area (Å²) in [6.45, 7) is 16.0. The van der Waals surface area contributed by atoms with Crippen LogP contribution < -0.4 is 0 Å². The summed E-state index contributed by atoms with van der Waals surface area (Å²) < 4.78 is 0. The van der Waals surface area contributed by atoms with Crippen LogP contribution in [0.25, 0.3) is 0 Å². The molecule has 0 aliphatic heterocycles. The lowest BCUT2D eigenvalue weighted by molar-refractivity contribution is 0.213. The normalized spacial score (nSPS) is 6.39. The molecule has 0 aromatic rings. The molecule has 0 atom stereocenters. The lowest BCUT2D eigenvalue weighted by Gasteiger charge is -1.99. The molecule has 0 heterocycles. The number of hydrogen-bond donors (Lipinski definition) is 0. The minimum atomic E-state index is 0.967. The molecule has 0 unspecified atom stereocenters. The highest BCUT2D eigenvalue weighted by Gasteiger charge is 1.96. The van der Waals surface area contributed by atoms with Crippen molar-refractivity contribution in [3.63, 3.8) is 0 Å². The summed E-state index contributed by atoms with van der Waals surface area (Å²) in [5.74, 6) is 1.93. The maximum Gasteiger partial charge on any atom is 0.106 e. The molecule has 0 amide bonds. The largest absolute Gasteiger partial charge is 0.399 e. The van der Waals surface area contributed by atoms with Gasteiger partial charge in [-0.1, -0.05) is 60.5 Å². The van der Waals surface area contributed by atoms with Gasteiger partial charge in [0.05, 0.1) is 5.71 Å². The van der Waals surface area contributed by atoms with Crippen LogP contribution in [0.3, 0.4) is 0 Å². The van der Waals surface area contributed by atoms with Crippen LogP contribution in [0, 0.1) is 0 Å². The first-order valence-electron chi connectivity index (χ1n) is 6.92. The summed E-state index contributed by atoms with van der Waals surface area (Å²) in [5.41, 5.74) is 1.11. The molecule has 0 aromatic carbocycles. The molecular formula is C14H37NOS2. The smallest absolute Gasteiger partial charge is 0.106 e. The predicted molar refractivity (Wildman–Crippen MR) is 96.6 cm³/mol. The Morgan fingerprint density at radius 3 is 1.22 bits per heavy atom. The van der Waals surface area contributed by atoms with Gasteiger partial charge in [-0.05, 0) is 12.5 Å².